The zero-order valence-corrected chi connectivity index (χ0v) is 19.1. The van der Waals surface area contributed by atoms with Crippen molar-refractivity contribution in [2.45, 2.75) is 127 Å². The molecule has 4 N–H and O–H groups in total. The van der Waals surface area contributed by atoms with E-state index in [1.807, 2.05) is 0 Å². The van der Waals surface area contributed by atoms with Gasteiger partial charge >= 0.3 is 5.97 Å². The van der Waals surface area contributed by atoms with Crippen LogP contribution in [0.25, 0.3) is 0 Å². The van der Waals surface area contributed by atoms with Crippen LogP contribution in [0.1, 0.15) is 96.8 Å². The molecule has 1 fully saturated rings. The number of unbranched alkanes of at least 4 members (excludes halogenated alkanes) is 12. The van der Waals surface area contributed by atoms with Crippen LogP contribution in [0.4, 0.5) is 0 Å². The Labute approximate surface area is 182 Å². The summed E-state index contributed by atoms with van der Waals surface area (Å²) >= 11 is 0. The van der Waals surface area contributed by atoms with Crippen molar-refractivity contribution >= 4 is 5.97 Å². The molecule has 1 saturated heterocycles. The molecule has 7 nitrogen and oxygen atoms in total. The number of methoxy groups -OCH3 is 1. The molecule has 0 aromatic heterocycles. The van der Waals surface area contributed by atoms with Crippen LogP contribution in [-0.2, 0) is 19.0 Å². The van der Waals surface area contributed by atoms with Crippen molar-refractivity contribution < 1.29 is 29.2 Å². The lowest BCUT2D eigenvalue weighted by Gasteiger charge is -2.40. The largest absolute Gasteiger partial charge is 0.463 e. The van der Waals surface area contributed by atoms with Crippen molar-refractivity contribution in [2.75, 3.05) is 13.7 Å². The molecule has 178 valence electrons. The summed E-state index contributed by atoms with van der Waals surface area (Å²) in [5, 5.41) is 20.0. The van der Waals surface area contributed by atoms with E-state index in [2.05, 4.69) is 6.92 Å². The minimum Gasteiger partial charge on any atom is -0.463 e. The topological polar surface area (TPSA) is 111 Å². The maximum atomic E-state index is 11.9. The molecular weight excluding hydrogens is 386 g/mol. The summed E-state index contributed by atoms with van der Waals surface area (Å²) in [6.45, 7) is 2.13. The highest BCUT2D eigenvalue weighted by Crippen LogP contribution is 2.21. The SMILES string of the molecule is CCCCCCCCCCCCCCCC(=O)OC[C@H]1OC(OC)[C@H](N)[C@@H](O)[C@@H]1O. The first-order valence-electron chi connectivity index (χ1n) is 12.0. The van der Waals surface area contributed by atoms with Crippen LogP contribution in [0.15, 0.2) is 0 Å². The lowest BCUT2D eigenvalue weighted by atomic mass is 9.98. The van der Waals surface area contributed by atoms with E-state index in [4.69, 9.17) is 19.9 Å². The summed E-state index contributed by atoms with van der Waals surface area (Å²) in [6, 6.07) is -0.845. The third-order valence-electron chi connectivity index (χ3n) is 5.87. The summed E-state index contributed by atoms with van der Waals surface area (Å²) in [4.78, 5) is 11.9. The normalized spacial score (nSPS) is 26.6. The molecule has 1 aliphatic rings. The van der Waals surface area contributed by atoms with Gasteiger partial charge in [-0.25, -0.2) is 0 Å². The Morgan fingerprint density at radius 2 is 1.37 bits per heavy atom. The number of aliphatic hydroxyl groups excluding tert-OH is 2. The smallest absolute Gasteiger partial charge is 0.305 e. The highest BCUT2D eigenvalue weighted by Gasteiger charge is 2.43. The molecule has 5 atom stereocenters. The van der Waals surface area contributed by atoms with Crippen molar-refractivity contribution in [3.8, 4) is 0 Å². The Bertz CT molecular complexity index is 434. The monoisotopic (exact) mass is 431 g/mol. The van der Waals surface area contributed by atoms with E-state index in [9.17, 15) is 15.0 Å². The molecule has 30 heavy (non-hydrogen) atoms. The van der Waals surface area contributed by atoms with Gasteiger partial charge in [0, 0.05) is 13.5 Å². The van der Waals surface area contributed by atoms with Gasteiger partial charge in [-0.2, -0.15) is 0 Å². The molecule has 0 spiro atoms. The number of ether oxygens (including phenoxy) is 3. The van der Waals surface area contributed by atoms with E-state index in [0.717, 1.165) is 19.3 Å². The number of hydrogen-bond acceptors (Lipinski definition) is 7. The predicted octanol–water partition coefficient (Wildman–Crippen LogP) is 3.43. The van der Waals surface area contributed by atoms with Crippen molar-refractivity contribution in [1.29, 1.82) is 0 Å². The summed E-state index contributed by atoms with van der Waals surface area (Å²) in [6.07, 6.45) is 12.6. The summed E-state index contributed by atoms with van der Waals surface area (Å²) in [7, 11) is 1.41. The summed E-state index contributed by atoms with van der Waals surface area (Å²) in [5.41, 5.74) is 5.74. The molecule has 0 aromatic carbocycles. The Morgan fingerprint density at radius 1 is 0.867 bits per heavy atom. The molecule has 0 radical (unpaired) electrons. The first-order valence-corrected chi connectivity index (χ1v) is 12.0. The lowest BCUT2D eigenvalue weighted by molar-refractivity contribution is -0.259. The number of aliphatic hydroxyl groups is 2. The maximum Gasteiger partial charge on any atom is 0.305 e. The van der Waals surface area contributed by atoms with Gasteiger partial charge in [-0.1, -0.05) is 84.0 Å². The fourth-order valence-electron chi connectivity index (χ4n) is 3.84. The second-order valence-electron chi connectivity index (χ2n) is 8.51. The fraction of sp³-hybridized carbons (Fsp3) is 0.957. The Kier molecular flexibility index (Phi) is 15.4. The van der Waals surface area contributed by atoms with Crippen molar-refractivity contribution in [1.82, 2.24) is 0 Å². The number of carbonyl (C=O) groups is 1. The van der Waals surface area contributed by atoms with Gasteiger partial charge in [-0.05, 0) is 6.42 Å². The third kappa shape index (κ3) is 11.0. The van der Waals surface area contributed by atoms with Gasteiger partial charge in [0.05, 0.1) is 6.04 Å². The number of nitrogens with two attached hydrogens (primary N) is 1. The molecule has 1 heterocycles. The number of rotatable bonds is 17. The summed E-state index contributed by atoms with van der Waals surface area (Å²) < 4.78 is 15.7. The standard InChI is InChI=1S/C23H45NO6/c1-3-4-5-6-7-8-9-10-11-12-13-14-15-16-19(25)29-17-18-21(26)22(27)20(24)23(28-2)30-18/h18,20-23,26-27H,3-17,24H2,1-2H3/t18-,20-,21-,22-,23?/m1/s1. The van der Waals surface area contributed by atoms with Crippen LogP contribution in [0.5, 0.6) is 0 Å². The first kappa shape index (κ1) is 27.3. The molecular formula is C23H45NO6. The van der Waals surface area contributed by atoms with Crippen LogP contribution in [0.2, 0.25) is 0 Å². The van der Waals surface area contributed by atoms with E-state index in [-0.39, 0.29) is 12.6 Å². The van der Waals surface area contributed by atoms with Crippen LogP contribution >= 0.6 is 0 Å². The van der Waals surface area contributed by atoms with Gasteiger partial charge in [0.1, 0.15) is 24.9 Å². The van der Waals surface area contributed by atoms with Crippen LogP contribution in [0.3, 0.4) is 0 Å². The second-order valence-corrected chi connectivity index (χ2v) is 8.51. The van der Waals surface area contributed by atoms with Gasteiger partial charge < -0.3 is 30.2 Å². The second kappa shape index (κ2) is 16.9. The molecule has 0 bridgehead atoms. The Hall–Kier alpha value is -0.730. The van der Waals surface area contributed by atoms with E-state index in [1.54, 1.807) is 0 Å². The highest BCUT2D eigenvalue weighted by atomic mass is 16.7. The predicted molar refractivity (Wildman–Crippen MR) is 117 cm³/mol. The van der Waals surface area contributed by atoms with Gasteiger partial charge in [-0.3, -0.25) is 4.79 Å². The zero-order chi connectivity index (χ0) is 22.2. The lowest BCUT2D eigenvalue weighted by Crippen LogP contribution is -2.62. The molecule has 0 aromatic rings. The molecule has 0 aliphatic carbocycles. The van der Waals surface area contributed by atoms with Gasteiger partial charge in [-0.15, -0.1) is 0 Å². The van der Waals surface area contributed by atoms with Gasteiger partial charge in [0.25, 0.3) is 0 Å². The number of hydrogen-bond donors (Lipinski definition) is 3. The highest BCUT2D eigenvalue weighted by molar-refractivity contribution is 5.69. The van der Waals surface area contributed by atoms with E-state index in [0.29, 0.717) is 6.42 Å². The summed E-state index contributed by atoms with van der Waals surface area (Å²) in [5.74, 6) is -0.313. The molecule has 7 heteroatoms. The maximum absolute atomic E-state index is 11.9. The number of esters is 1. The van der Waals surface area contributed by atoms with Crippen LogP contribution in [0, 0.1) is 0 Å². The van der Waals surface area contributed by atoms with Gasteiger partial charge in [0.2, 0.25) is 0 Å². The van der Waals surface area contributed by atoms with Crippen molar-refractivity contribution in [2.24, 2.45) is 5.73 Å². The first-order chi connectivity index (χ1) is 14.5. The minimum atomic E-state index is -1.21. The third-order valence-corrected chi connectivity index (χ3v) is 5.87. The molecule has 0 saturated carbocycles. The molecule has 1 rings (SSSR count). The Balaban J connectivity index is 1.97. The average Bonchev–Trinajstić information content (AvgIpc) is 2.75. The van der Waals surface area contributed by atoms with E-state index < -0.39 is 30.6 Å². The quantitative estimate of drug-likeness (QED) is 0.239. The number of carbonyl (C=O) groups excluding carboxylic acids is 1. The average molecular weight is 432 g/mol. The van der Waals surface area contributed by atoms with E-state index >= 15 is 0 Å². The van der Waals surface area contributed by atoms with Crippen LogP contribution in [-0.4, -0.2) is 60.5 Å². The minimum absolute atomic E-state index is 0.123. The van der Waals surface area contributed by atoms with E-state index in [1.165, 1.54) is 71.3 Å². The molecule has 1 aliphatic heterocycles. The molecule has 0 amide bonds. The zero-order valence-electron chi connectivity index (χ0n) is 19.1. The fourth-order valence-corrected chi connectivity index (χ4v) is 3.84. The van der Waals surface area contributed by atoms with Crippen molar-refractivity contribution in [3.63, 3.8) is 0 Å². The molecule has 1 unspecified atom stereocenters. The van der Waals surface area contributed by atoms with Crippen LogP contribution < -0.4 is 5.73 Å². The van der Waals surface area contributed by atoms with Gasteiger partial charge in [0.15, 0.2) is 6.29 Å². The van der Waals surface area contributed by atoms with Crippen molar-refractivity contribution in [3.05, 3.63) is 0 Å². The Morgan fingerprint density at radius 3 is 1.87 bits per heavy atom.